The van der Waals surface area contributed by atoms with Gasteiger partial charge in [0.15, 0.2) is 0 Å². The lowest BCUT2D eigenvalue weighted by molar-refractivity contribution is -0.112. The highest BCUT2D eigenvalue weighted by Gasteiger charge is 2.17. The predicted octanol–water partition coefficient (Wildman–Crippen LogP) is -0.291. The fraction of sp³-hybridized carbons (Fsp3) is 0.833. The third-order valence-electron chi connectivity index (χ3n) is 1.17. The highest BCUT2D eigenvalue weighted by atomic mass is 16.3. The van der Waals surface area contributed by atoms with Crippen LogP contribution in [0.15, 0.2) is 0 Å². The lowest BCUT2D eigenvalue weighted by Crippen LogP contribution is -2.25. The summed E-state index contributed by atoms with van der Waals surface area (Å²) in [7, 11) is 0. The van der Waals surface area contributed by atoms with Gasteiger partial charge in [0.05, 0.1) is 5.60 Å². The van der Waals surface area contributed by atoms with Crippen LogP contribution in [-0.2, 0) is 4.79 Å². The molecule has 0 amide bonds. The van der Waals surface area contributed by atoms with Gasteiger partial charge in [-0.05, 0) is 13.3 Å². The molecule has 0 aromatic carbocycles. The minimum absolute atomic E-state index is 0.0825. The molecule has 2 N–H and O–H groups in total. The van der Waals surface area contributed by atoms with E-state index in [1.165, 1.54) is 6.92 Å². The number of hydrogen-bond donors (Lipinski definition) is 2. The summed E-state index contributed by atoms with van der Waals surface area (Å²) in [6.45, 7) is 1.44. The van der Waals surface area contributed by atoms with E-state index in [0.29, 0.717) is 6.29 Å². The molecule has 3 nitrogen and oxygen atoms in total. The van der Waals surface area contributed by atoms with E-state index < -0.39 is 5.60 Å². The van der Waals surface area contributed by atoms with Gasteiger partial charge in [0.25, 0.3) is 0 Å². The molecule has 0 saturated heterocycles. The van der Waals surface area contributed by atoms with E-state index >= 15 is 0 Å². The Morgan fingerprint density at radius 3 is 2.56 bits per heavy atom. The average molecular weight is 132 g/mol. The van der Waals surface area contributed by atoms with E-state index in [2.05, 4.69) is 0 Å². The molecule has 1 atom stereocenters. The molecule has 3 heteroatoms. The number of carbonyl (C=O) groups excluding carboxylic acids is 1. The van der Waals surface area contributed by atoms with Gasteiger partial charge in [-0.25, -0.2) is 0 Å². The van der Waals surface area contributed by atoms with Crippen LogP contribution in [0.3, 0.4) is 0 Å². The monoisotopic (exact) mass is 132 g/mol. The topological polar surface area (TPSA) is 57.5 Å². The molecule has 0 spiro atoms. The Hall–Kier alpha value is -0.410. The molecule has 0 radical (unpaired) electrons. The van der Waals surface area contributed by atoms with Gasteiger partial charge in [-0.3, -0.25) is 0 Å². The summed E-state index contributed by atoms with van der Waals surface area (Å²) < 4.78 is 0. The molecule has 0 aromatic rings. The zero-order valence-corrected chi connectivity index (χ0v) is 5.50. The van der Waals surface area contributed by atoms with Crippen molar-refractivity contribution in [3.05, 3.63) is 0 Å². The fourth-order valence-corrected chi connectivity index (χ4v) is 0.522. The highest BCUT2D eigenvalue weighted by Crippen LogP contribution is 2.10. The summed E-state index contributed by atoms with van der Waals surface area (Å²) >= 11 is 0. The second kappa shape index (κ2) is 3.58. The first-order valence-corrected chi connectivity index (χ1v) is 2.89. The lowest BCUT2D eigenvalue weighted by Gasteiger charge is -2.17. The maximum absolute atomic E-state index is 9.85. The Morgan fingerprint density at radius 2 is 2.22 bits per heavy atom. The van der Waals surface area contributed by atoms with E-state index in [1.54, 1.807) is 0 Å². The van der Waals surface area contributed by atoms with Crippen molar-refractivity contribution in [2.24, 2.45) is 0 Å². The third kappa shape index (κ3) is 4.12. The Bertz CT molecular complexity index is 88.3. The van der Waals surface area contributed by atoms with E-state index in [-0.39, 0.29) is 19.4 Å². The third-order valence-corrected chi connectivity index (χ3v) is 1.17. The molecule has 0 heterocycles. The molecule has 54 valence electrons. The first-order chi connectivity index (χ1) is 4.12. The summed E-state index contributed by atoms with van der Waals surface area (Å²) in [5.74, 6) is 0. The summed E-state index contributed by atoms with van der Waals surface area (Å²) in [6.07, 6.45) is 0.995. The van der Waals surface area contributed by atoms with E-state index in [9.17, 15) is 4.79 Å². The number of aliphatic hydroxyl groups excluding tert-OH is 1. The van der Waals surface area contributed by atoms with Crippen molar-refractivity contribution in [3.8, 4) is 0 Å². The smallest absolute Gasteiger partial charge is 0.122 e. The molecule has 0 saturated carbocycles. The summed E-state index contributed by atoms with van der Waals surface area (Å²) in [5, 5.41) is 17.5. The lowest BCUT2D eigenvalue weighted by atomic mass is 10.00. The van der Waals surface area contributed by atoms with Gasteiger partial charge in [0, 0.05) is 13.0 Å². The molecule has 9 heavy (non-hydrogen) atoms. The van der Waals surface area contributed by atoms with Crippen LogP contribution in [0.25, 0.3) is 0 Å². The van der Waals surface area contributed by atoms with E-state index in [4.69, 9.17) is 10.2 Å². The first-order valence-electron chi connectivity index (χ1n) is 2.89. The summed E-state index contributed by atoms with van der Waals surface area (Å²) in [6, 6.07) is 0. The number of carbonyl (C=O) groups is 1. The van der Waals surface area contributed by atoms with Crippen molar-refractivity contribution in [2.45, 2.75) is 25.4 Å². The molecular weight excluding hydrogens is 120 g/mol. The van der Waals surface area contributed by atoms with Gasteiger partial charge >= 0.3 is 0 Å². The van der Waals surface area contributed by atoms with Gasteiger partial charge in [-0.2, -0.15) is 0 Å². The second-order valence-corrected chi connectivity index (χ2v) is 2.34. The van der Waals surface area contributed by atoms with Gasteiger partial charge in [-0.1, -0.05) is 0 Å². The van der Waals surface area contributed by atoms with Gasteiger partial charge in [0.2, 0.25) is 0 Å². The first kappa shape index (κ1) is 8.59. The fourth-order valence-electron chi connectivity index (χ4n) is 0.522. The molecule has 0 rings (SSSR count). The number of hydrogen-bond acceptors (Lipinski definition) is 3. The SMILES string of the molecule is C[C@](O)(CC=O)CCO. The van der Waals surface area contributed by atoms with Crippen LogP contribution < -0.4 is 0 Å². The van der Waals surface area contributed by atoms with Gasteiger partial charge in [-0.15, -0.1) is 0 Å². The quantitative estimate of drug-likeness (QED) is 0.517. The van der Waals surface area contributed by atoms with E-state index in [1.807, 2.05) is 0 Å². The number of aldehydes is 1. The van der Waals surface area contributed by atoms with Gasteiger partial charge < -0.3 is 15.0 Å². The Kier molecular flexibility index (Phi) is 3.42. The molecule has 0 fully saturated rings. The normalized spacial score (nSPS) is 16.8. The van der Waals surface area contributed by atoms with Crippen LogP contribution in [0.4, 0.5) is 0 Å². The van der Waals surface area contributed by atoms with Crippen LogP contribution in [-0.4, -0.2) is 28.7 Å². The van der Waals surface area contributed by atoms with Crippen molar-refractivity contribution in [2.75, 3.05) is 6.61 Å². The molecule has 0 aliphatic rings. The van der Waals surface area contributed by atoms with Crippen LogP contribution in [0.2, 0.25) is 0 Å². The molecular formula is C6H12O3. The summed E-state index contributed by atoms with van der Waals surface area (Å²) in [4.78, 5) is 9.85. The Morgan fingerprint density at radius 1 is 1.67 bits per heavy atom. The van der Waals surface area contributed by atoms with Crippen molar-refractivity contribution in [3.63, 3.8) is 0 Å². The van der Waals surface area contributed by atoms with Crippen molar-refractivity contribution >= 4 is 6.29 Å². The Labute approximate surface area is 54.3 Å². The molecule has 0 aromatic heterocycles. The van der Waals surface area contributed by atoms with Crippen LogP contribution in [0.1, 0.15) is 19.8 Å². The number of rotatable bonds is 4. The molecule has 0 aliphatic carbocycles. The standard InChI is InChI=1S/C6H12O3/c1-6(9,2-4-7)3-5-8/h4,8-9H,2-3,5H2,1H3/t6-/m0/s1. The van der Waals surface area contributed by atoms with Crippen LogP contribution in [0, 0.1) is 0 Å². The maximum Gasteiger partial charge on any atom is 0.122 e. The average Bonchev–Trinajstić information content (AvgIpc) is 1.64. The number of aliphatic hydroxyl groups is 2. The zero-order chi connectivity index (χ0) is 7.33. The second-order valence-electron chi connectivity index (χ2n) is 2.34. The maximum atomic E-state index is 9.85. The minimum atomic E-state index is -1.02. The Balaban J connectivity index is 3.55. The molecule has 0 unspecified atom stereocenters. The molecule has 0 bridgehead atoms. The van der Waals surface area contributed by atoms with Crippen LogP contribution >= 0.6 is 0 Å². The largest absolute Gasteiger partial charge is 0.396 e. The molecule has 0 aliphatic heterocycles. The van der Waals surface area contributed by atoms with Crippen molar-refractivity contribution < 1.29 is 15.0 Å². The van der Waals surface area contributed by atoms with Crippen LogP contribution in [0.5, 0.6) is 0 Å². The summed E-state index contributed by atoms with van der Waals surface area (Å²) in [5.41, 5.74) is -1.02. The van der Waals surface area contributed by atoms with Crippen molar-refractivity contribution in [1.82, 2.24) is 0 Å². The minimum Gasteiger partial charge on any atom is -0.396 e. The van der Waals surface area contributed by atoms with Crippen molar-refractivity contribution in [1.29, 1.82) is 0 Å². The zero-order valence-electron chi connectivity index (χ0n) is 5.50. The predicted molar refractivity (Wildman–Crippen MR) is 33.0 cm³/mol. The van der Waals surface area contributed by atoms with E-state index in [0.717, 1.165) is 0 Å². The van der Waals surface area contributed by atoms with Gasteiger partial charge in [0.1, 0.15) is 6.29 Å². The highest BCUT2D eigenvalue weighted by molar-refractivity contribution is 5.51.